The Hall–Kier alpha value is -1.30. The molecular formula is C11H13NO4S. The van der Waals surface area contributed by atoms with E-state index >= 15 is 0 Å². The summed E-state index contributed by atoms with van der Waals surface area (Å²) in [5, 5.41) is 8.87. The standard InChI is InChI=1S/C11H13NO4S/c1-5(13)4-6-8(14)12-7(10(15)16)11(2,3)17-9(6)12/h4,7,9H,1-3H3,(H,15,16)/b6-4+/t7-,9?/m0/s1. The number of carboxylic acid groups (broad SMARTS) is 1. The number of aliphatic carboxylic acids is 1. The van der Waals surface area contributed by atoms with Gasteiger partial charge in [0.25, 0.3) is 5.91 Å². The van der Waals surface area contributed by atoms with Crippen molar-refractivity contribution in [3.63, 3.8) is 0 Å². The number of allylic oxidation sites excluding steroid dienone is 1. The number of nitrogens with zero attached hydrogens (tertiary/aromatic N) is 1. The zero-order valence-electron chi connectivity index (χ0n) is 9.76. The second-order valence-corrected chi connectivity index (χ2v) is 6.47. The number of carboxylic acids is 1. The van der Waals surface area contributed by atoms with Crippen LogP contribution in [0.25, 0.3) is 0 Å². The van der Waals surface area contributed by atoms with Crippen LogP contribution in [-0.4, -0.2) is 43.8 Å². The molecule has 0 aromatic carbocycles. The van der Waals surface area contributed by atoms with Crippen molar-refractivity contribution in [2.75, 3.05) is 0 Å². The normalized spacial score (nSPS) is 32.3. The number of carbonyl (C=O) groups excluding carboxylic acids is 2. The monoisotopic (exact) mass is 255 g/mol. The highest BCUT2D eigenvalue weighted by atomic mass is 32.2. The Morgan fingerprint density at radius 1 is 1.47 bits per heavy atom. The van der Waals surface area contributed by atoms with Gasteiger partial charge in [-0.3, -0.25) is 9.59 Å². The van der Waals surface area contributed by atoms with Crippen molar-refractivity contribution in [2.24, 2.45) is 0 Å². The van der Waals surface area contributed by atoms with E-state index in [1.807, 2.05) is 0 Å². The third kappa shape index (κ3) is 1.67. The van der Waals surface area contributed by atoms with Crippen molar-refractivity contribution in [3.8, 4) is 0 Å². The topological polar surface area (TPSA) is 74.7 Å². The van der Waals surface area contributed by atoms with Crippen LogP contribution in [0.15, 0.2) is 11.6 Å². The van der Waals surface area contributed by atoms with E-state index in [4.69, 9.17) is 5.11 Å². The van der Waals surface area contributed by atoms with Crippen LogP contribution in [0.2, 0.25) is 0 Å². The van der Waals surface area contributed by atoms with Gasteiger partial charge < -0.3 is 10.0 Å². The SMILES string of the molecule is CC(=O)/C=C1\C(=O)N2C1SC(C)(C)[C@@H]2C(=O)O. The molecule has 0 aromatic heterocycles. The van der Waals surface area contributed by atoms with Gasteiger partial charge in [-0.25, -0.2) is 4.79 Å². The summed E-state index contributed by atoms with van der Waals surface area (Å²) in [6, 6.07) is -0.825. The van der Waals surface area contributed by atoms with Gasteiger partial charge in [0.2, 0.25) is 0 Å². The van der Waals surface area contributed by atoms with Crippen molar-refractivity contribution < 1.29 is 19.5 Å². The number of carbonyl (C=O) groups is 3. The van der Waals surface area contributed by atoms with E-state index in [1.54, 1.807) is 13.8 Å². The molecule has 2 aliphatic rings. The zero-order valence-corrected chi connectivity index (χ0v) is 10.6. The average Bonchev–Trinajstić information content (AvgIpc) is 2.43. The maximum atomic E-state index is 11.8. The Balaban J connectivity index is 2.34. The molecule has 0 aliphatic carbocycles. The Bertz CT molecular complexity index is 454. The van der Waals surface area contributed by atoms with E-state index in [1.165, 1.54) is 29.7 Å². The maximum absolute atomic E-state index is 11.8. The van der Waals surface area contributed by atoms with Crippen LogP contribution in [0.1, 0.15) is 20.8 Å². The van der Waals surface area contributed by atoms with E-state index in [0.717, 1.165) is 0 Å². The van der Waals surface area contributed by atoms with E-state index < -0.39 is 16.8 Å². The molecule has 2 heterocycles. The highest BCUT2D eigenvalue weighted by Crippen LogP contribution is 2.52. The second-order valence-electron chi connectivity index (χ2n) is 4.74. The quantitative estimate of drug-likeness (QED) is 0.579. The summed E-state index contributed by atoms with van der Waals surface area (Å²) in [6.07, 6.45) is 1.30. The van der Waals surface area contributed by atoms with Gasteiger partial charge in [0.05, 0.1) is 5.57 Å². The van der Waals surface area contributed by atoms with Gasteiger partial charge >= 0.3 is 5.97 Å². The molecule has 0 spiro atoms. The van der Waals surface area contributed by atoms with Crippen LogP contribution >= 0.6 is 11.8 Å². The summed E-state index contributed by atoms with van der Waals surface area (Å²) in [7, 11) is 0. The van der Waals surface area contributed by atoms with Gasteiger partial charge in [-0.1, -0.05) is 0 Å². The molecule has 5 nitrogen and oxygen atoms in total. The van der Waals surface area contributed by atoms with Crippen molar-refractivity contribution in [1.82, 2.24) is 4.90 Å². The van der Waals surface area contributed by atoms with Gasteiger partial charge in [0, 0.05) is 4.75 Å². The van der Waals surface area contributed by atoms with Crippen molar-refractivity contribution in [1.29, 1.82) is 0 Å². The fourth-order valence-corrected chi connectivity index (χ4v) is 3.82. The molecule has 0 bridgehead atoms. The lowest BCUT2D eigenvalue weighted by atomic mass is 9.95. The summed E-state index contributed by atoms with van der Waals surface area (Å²) in [5.41, 5.74) is 0.416. The molecule has 1 N–H and O–H groups in total. The number of ketones is 1. The first-order chi connectivity index (χ1) is 7.75. The Morgan fingerprint density at radius 2 is 2.06 bits per heavy atom. The molecular weight excluding hydrogens is 242 g/mol. The number of fused-ring (bicyclic) bond motifs is 1. The fourth-order valence-electron chi connectivity index (χ4n) is 2.27. The molecule has 1 unspecified atom stereocenters. The van der Waals surface area contributed by atoms with Crippen LogP contribution in [0.5, 0.6) is 0 Å². The predicted octanol–water partition coefficient (Wildman–Crippen LogP) is 0.649. The van der Waals surface area contributed by atoms with Crippen LogP contribution in [-0.2, 0) is 14.4 Å². The van der Waals surface area contributed by atoms with Crippen LogP contribution < -0.4 is 0 Å². The molecule has 2 saturated heterocycles. The summed E-state index contributed by atoms with van der Waals surface area (Å²) in [6.45, 7) is 4.98. The highest BCUT2D eigenvalue weighted by Gasteiger charge is 2.61. The van der Waals surface area contributed by atoms with Crippen LogP contribution in [0, 0.1) is 0 Å². The molecule has 6 heteroatoms. The molecule has 2 rings (SSSR count). The van der Waals surface area contributed by atoms with Gasteiger partial charge in [-0.15, -0.1) is 11.8 Å². The largest absolute Gasteiger partial charge is 0.480 e. The van der Waals surface area contributed by atoms with Gasteiger partial charge in [0.15, 0.2) is 5.78 Å². The Morgan fingerprint density at radius 3 is 2.53 bits per heavy atom. The van der Waals surface area contributed by atoms with Crippen molar-refractivity contribution in [2.45, 2.75) is 36.9 Å². The summed E-state index contributed by atoms with van der Waals surface area (Å²) in [4.78, 5) is 35.3. The van der Waals surface area contributed by atoms with Crippen LogP contribution in [0.3, 0.4) is 0 Å². The van der Waals surface area contributed by atoms with Crippen molar-refractivity contribution >= 4 is 29.4 Å². The highest BCUT2D eigenvalue weighted by molar-refractivity contribution is 8.01. The number of amides is 1. The predicted molar refractivity (Wildman–Crippen MR) is 62.5 cm³/mol. The molecule has 2 fully saturated rings. The van der Waals surface area contributed by atoms with E-state index in [-0.39, 0.29) is 17.1 Å². The maximum Gasteiger partial charge on any atom is 0.327 e. The number of hydrogen-bond acceptors (Lipinski definition) is 4. The molecule has 17 heavy (non-hydrogen) atoms. The minimum atomic E-state index is -1.000. The lowest BCUT2D eigenvalue weighted by Gasteiger charge is -2.38. The first kappa shape index (κ1) is 12.2. The molecule has 0 saturated carbocycles. The molecule has 92 valence electrons. The van der Waals surface area contributed by atoms with E-state index in [9.17, 15) is 14.4 Å². The average molecular weight is 255 g/mol. The van der Waals surface area contributed by atoms with Crippen LogP contribution in [0.4, 0.5) is 0 Å². The number of β-lactam (4-membered cyclic amide) rings is 1. The van der Waals surface area contributed by atoms with Gasteiger partial charge in [0.1, 0.15) is 11.4 Å². The summed E-state index contributed by atoms with van der Waals surface area (Å²) < 4.78 is -0.543. The van der Waals surface area contributed by atoms with Gasteiger partial charge in [-0.2, -0.15) is 0 Å². The zero-order chi connectivity index (χ0) is 13.0. The molecule has 0 aromatic rings. The fraction of sp³-hybridized carbons (Fsp3) is 0.545. The molecule has 2 aliphatic heterocycles. The lowest BCUT2D eigenvalue weighted by molar-refractivity contribution is -0.152. The third-order valence-corrected chi connectivity index (χ3v) is 4.48. The molecule has 2 atom stereocenters. The number of thioether (sulfide) groups is 1. The lowest BCUT2D eigenvalue weighted by Crippen LogP contribution is -2.58. The molecule has 1 amide bonds. The van der Waals surface area contributed by atoms with E-state index in [0.29, 0.717) is 5.57 Å². The first-order valence-electron chi connectivity index (χ1n) is 5.21. The molecule has 0 radical (unpaired) electrons. The summed E-state index contributed by atoms with van der Waals surface area (Å²) in [5.74, 6) is -1.53. The summed E-state index contributed by atoms with van der Waals surface area (Å²) >= 11 is 1.41. The minimum absolute atomic E-state index is 0.190. The third-order valence-electron chi connectivity index (χ3n) is 2.94. The number of rotatable bonds is 2. The Labute approximate surface area is 103 Å². The first-order valence-corrected chi connectivity index (χ1v) is 6.09. The minimum Gasteiger partial charge on any atom is -0.480 e. The number of hydrogen-bond donors (Lipinski definition) is 1. The van der Waals surface area contributed by atoms with Gasteiger partial charge in [-0.05, 0) is 26.8 Å². The van der Waals surface area contributed by atoms with E-state index in [2.05, 4.69) is 0 Å². The Kier molecular flexibility index (Phi) is 2.57. The van der Waals surface area contributed by atoms with Crippen molar-refractivity contribution in [3.05, 3.63) is 11.6 Å². The second kappa shape index (κ2) is 3.60. The smallest absolute Gasteiger partial charge is 0.327 e.